The van der Waals surface area contributed by atoms with Gasteiger partial charge in [0.05, 0.1) is 12.5 Å². The summed E-state index contributed by atoms with van der Waals surface area (Å²) in [5.74, 6) is 1.44. The van der Waals surface area contributed by atoms with Gasteiger partial charge in [-0.3, -0.25) is 0 Å². The molecule has 0 saturated heterocycles. The molecule has 2 fully saturated rings. The lowest BCUT2D eigenvalue weighted by Crippen LogP contribution is -2.33. The standard InChI is InChI=1S/C24H34N8/c1-16(27-18-7-3-2-4-8-18)28-22-21-23(32(15-26-21)20-9-5-6-10-20)31-24(30-22)29-19-13-11-17(25)12-14-19/h2-4,7-8,15-17,19-20,27H,5-6,9-14,25H2,1H3,(H2,28,29,30,31). The molecule has 0 aliphatic heterocycles. The van der Waals surface area contributed by atoms with E-state index in [1.54, 1.807) is 0 Å². The van der Waals surface area contributed by atoms with E-state index in [2.05, 4.69) is 39.6 Å². The van der Waals surface area contributed by atoms with Crippen LogP contribution < -0.4 is 21.7 Å². The van der Waals surface area contributed by atoms with Crippen molar-refractivity contribution in [3.63, 3.8) is 0 Å². The number of hydrogen-bond donors (Lipinski definition) is 4. The van der Waals surface area contributed by atoms with Crippen LogP contribution in [-0.2, 0) is 0 Å². The minimum Gasteiger partial charge on any atom is -0.366 e. The molecule has 1 unspecified atom stereocenters. The molecule has 2 heterocycles. The molecule has 0 spiro atoms. The predicted molar refractivity (Wildman–Crippen MR) is 130 cm³/mol. The second kappa shape index (κ2) is 9.32. The van der Waals surface area contributed by atoms with Crippen LogP contribution in [0.25, 0.3) is 11.2 Å². The van der Waals surface area contributed by atoms with E-state index in [0.717, 1.165) is 48.4 Å². The van der Waals surface area contributed by atoms with Gasteiger partial charge in [-0.2, -0.15) is 9.97 Å². The first-order chi connectivity index (χ1) is 15.7. The van der Waals surface area contributed by atoms with Gasteiger partial charge in [0.15, 0.2) is 17.0 Å². The van der Waals surface area contributed by atoms with E-state index in [-0.39, 0.29) is 6.17 Å². The molecular weight excluding hydrogens is 400 g/mol. The van der Waals surface area contributed by atoms with Crippen LogP contribution in [0.1, 0.15) is 64.3 Å². The topological polar surface area (TPSA) is 106 Å². The first-order valence-corrected chi connectivity index (χ1v) is 12.0. The molecular formula is C24H34N8. The number of fused-ring (bicyclic) bond motifs is 1. The predicted octanol–water partition coefficient (Wildman–Crippen LogP) is 4.49. The summed E-state index contributed by atoms with van der Waals surface area (Å²) in [7, 11) is 0. The number of nitrogens with one attached hydrogen (secondary N) is 3. The van der Waals surface area contributed by atoms with Crippen molar-refractivity contribution in [1.29, 1.82) is 0 Å². The lowest BCUT2D eigenvalue weighted by atomic mass is 9.92. The fraction of sp³-hybridized carbons (Fsp3) is 0.542. The Hall–Kier alpha value is -2.87. The molecule has 170 valence electrons. The maximum Gasteiger partial charge on any atom is 0.227 e. The number of imidazole rings is 1. The van der Waals surface area contributed by atoms with Crippen molar-refractivity contribution >= 4 is 28.6 Å². The van der Waals surface area contributed by atoms with E-state index in [0.29, 0.717) is 24.1 Å². The van der Waals surface area contributed by atoms with Gasteiger partial charge in [-0.05, 0) is 57.6 Å². The molecule has 2 aliphatic carbocycles. The van der Waals surface area contributed by atoms with Crippen LogP contribution in [0.4, 0.5) is 17.5 Å². The summed E-state index contributed by atoms with van der Waals surface area (Å²) in [4.78, 5) is 14.5. The third-order valence-corrected chi connectivity index (χ3v) is 6.75. The fourth-order valence-corrected chi connectivity index (χ4v) is 5.00. The van der Waals surface area contributed by atoms with Gasteiger partial charge in [-0.15, -0.1) is 0 Å². The SMILES string of the molecule is CC(Nc1ccccc1)Nc1nc(NC2CCC(N)CC2)nc2c1ncn2C1CCCC1. The van der Waals surface area contributed by atoms with Gasteiger partial charge in [-0.1, -0.05) is 31.0 Å². The van der Waals surface area contributed by atoms with Crippen LogP contribution in [0, 0.1) is 0 Å². The van der Waals surface area contributed by atoms with Crippen LogP contribution in [0.2, 0.25) is 0 Å². The number of benzene rings is 1. The third kappa shape index (κ3) is 4.65. The Balaban J connectivity index is 1.43. The lowest BCUT2D eigenvalue weighted by molar-refractivity contribution is 0.410. The summed E-state index contributed by atoms with van der Waals surface area (Å²) in [6.45, 7) is 2.09. The highest BCUT2D eigenvalue weighted by atomic mass is 15.2. The van der Waals surface area contributed by atoms with Gasteiger partial charge in [-0.25, -0.2) is 4.98 Å². The second-order valence-corrected chi connectivity index (χ2v) is 9.29. The first-order valence-electron chi connectivity index (χ1n) is 12.0. The fourth-order valence-electron chi connectivity index (χ4n) is 5.00. The van der Waals surface area contributed by atoms with Crippen LogP contribution >= 0.6 is 0 Å². The molecule has 5 N–H and O–H groups in total. The van der Waals surface area contributed by atoms with Crippen molar-refractivity contribution < 1.29 is 0 Å². The van der Waals surface area contributed by atoms with Crippen molar-refractivity contribution in [3.8, 4) is 0 Å². The number of rotatable bonds is 7. The van der Waals surface area contributed by atoms with E-state index in [1.807, 2.05) is 24.5 Å². The molecule has 1 aromatic carbocycles. The van der Waals surface area contributed by atoms with Gasteiger partial charge >= 0.3 is 0 Å². The zero-order valence-electron chi connectivity index (χ0n) is 18.8. The molecule has 8 heteroatoms. The van der Waals surface area contributed by atoms with Crippen LogP contribution in [0.15, 0.2) is 36.7 Å². The number of anilines is 3. The first kappa shape index (κ1) is 21.0. The Bertz CT molecular complexity index is 1020. The highest BCUT2D eigenvalue weighted by molar-refractivity contribution is 5.84. The van der Waals surface area contributed by atoms with E-state index in [9.17, 15) is 0 Å². The number of hydrogen-bond acceptors (Lipinski definition) is 7. The van der Waals surface area contributed by atoms with Gasteiger partial charge in [0.2, 0.25) is 5.95 Å². The second-order valence-electron chi connectivity index (χ2n) is 9.29. The zero-order valence-corrected chi connectivity index (χ0v) is 18.8. The van der Waals surface area contributed by atoms with Gasteiger partial charge in [0, 0.05) is 23.8 Å². The average molecular weight is 435 g/mol. The number of nitrogens with zero attached hydrogens (tertiary/aromatic N) is 4. The maximum absolute atomic E-state index is 6.10. The quantitative estimate of drug-likeness (QED) is 0.406. The molecule has 1 atom stereocenters. The van der Waals surface area contributed by atoms with E-state index in [1.165, 1.54) is 25.7 Å². The average Bonchev–Trinajstić information content (AvgIpc) is 3.46. The normalized spacial score (nSPS) is 22.7. The molecule has 3 aromatic rings. The molecule has 0 bridgehead atoms. The Morgan fingerprint density at radius 1 is 0.969 bits per heavy atom. The van der Waals surface area contributed by atoms with Crippen molar-refractivity contribution in [1.82, 2.24) is 19.5 Å². The summed E-state index contributed by atoms with van der Waals surface area (Å²) in [6.07, 6.45) is 11.0. The molecule has 0 amide bonds. The van der Waals surface area contributed by atoms with Crippen molar-refractivity contribution in [3.05, 3.63) is 36.7 Å². The molecule has 5 rings (SSSR count). The number of nitrogens with two attached hydrogens (primary N) is 1. The highest BCUT2D eigenvalue weighted by Gasteiger charge is 2.24. The minimum atomic E-state index is -0.0207. The smallest absolute Gasteiger partial charge is 0.227 e. The summed E-state index contributed by atoms with van der Waals surface area (Å²) in [5.41, 5.74) is 8.90. The van der Waals surface area contributed by atoms with Gasteiger partial charge in [0.1, 0.15) is 0 Å². The monoisotopic (exact) mass is 434 g/mol. The summed E-state index contributed by atoms with van der Waals surface area (Å²) < 4.78 is 2.26. The highest BCUT2D eigenvalue weighted by Crippen LogP contribution is 2.33. The lowest BCUT2D eigenvalue weighted by Gasteiger charge is -2.27. The molecule has 2 saturated carbocycles. The van der Waals surface area contributed by atoms with Crippen molar-refractivity contribution in [2.24, 2.45) is 5.73 Å². The molecule has 0 radical (unpaired) electrons. The molecule has 2 aliphatic rings. The number of aromatic nitrogens is 4. The Kier molecular flexibility index (Phi) is 6.12. The molecule has 32 heavy (non-hydrogen) atoms. The maximum atomic E-state index is 6.10. The summed E-state index contributed by atoms with van der Waals surface area (Å²) >= 11 is 0. The van der Waals surface area contributed by atoms with Crippen LogP contribution in [0.3, 0.4) is 0 Å². The minimum absolute atomic E-state index is 0.0207. The van der Waals surface area contributed by atoms with Gasteiger partial charge < -0.3 is 26.3 Å². The van der Waals surface area contributed by atoms with Crippen molar-refractivity contribution in [2.75, 3.05) is 16.0 Å². The largest absolute Gasteiger partial charge is 0.366 e. The molecule has 2 aromatic heterocycles. The van der Waals surface area contributed by atoms with Crippen LogP contribution in [0.5, 0.6) is 0 Å². The molecule has 8 nitrogen and oxygen atoms in total. The van der Waals surface area contributed by atoms with E-state index < -0.39 is 0 Å². The van der Waals surface area contributed by atoms with Crippen molar-refractivity contribution in [2.45, 2.75) is 82.6 Å². The Labute approximate surface area is 189 Å². The Morgan fingerprint density at radius 2 is 1.72 bits per heavy atom. The van der Waals surface area contributed by atoms with E-state index in [4.69, 9.17) is 20.7 Å². The van der Waals surface area contributed by atoms with E-state index >= 15 is 0 Å². The summed E-state index contributed by atoms with van der Waals surface area (Å²) in [6, 6.07) is 11.3. The third-order valence-electron chi connectivity index (χ3n) is 6.75. The zero-order chi connectivity index (χ0) is 21.9. The van der Waals surface area contributed by atoms with Crippen LogP contribution in [-0.4, -0.2) is 37.8 Å². The Morgan fingerprint density at radius 3 is 2.47 bits per heavy atom. The van der Waals surface area contributed by atoms with Gasteiger partial charge in [0.25, 0.3) is 0 Å². The summed E-state index contributed by atoms with van der Waals surface area (Å²) in [5, 5.41) is 10.6. The number of para-hydroxylation sites is 1.